The van der Waals surface area contributed by atoms with Gasteiger partial charge in [0.05, 0.1) is 28.5 Å². The van der Waals surface area contributed by atoms with E-state index in [1.54, 1.807) is 23.6 Å². The SMILES string of the molecule is CCOC(=O)C1=C(c2ccccc2)N=c2s/c(=C\c3ccc(N4CCN(C)CC4)o3)c(=O)n2C1c1ccc2c(c1)OCO2. The number of furan rings is 1. The molecule has 0 bridgehead atoms. The van der Waals surface area contributed by atoms with Gasteiger partial charge in [-0.25, -0.2) is 9.79 Å². The number of likely N-dealkylation sites (N-methyl/N-ethyl adjacent to an activating group) is 1. The number of esters is 1. The van der Waals surface area contributed by atoms with Crippen LogP contribution < -0.4 is 29.3 Å². The Labute approximate surface area is 251 Å². The number of ether oxygens (including phenoxy) is 3. The van der Waals surface area contributed by atoms with E-state index >= 15 is 0 Å². The third-order valence-electron chi connectivity index (χ3n) is 7.79. The summed E-state index contributed by atoms with van der Waals surface area (Å²) in [6.07, 6.45) is 1.75. The molecule has 1 saturated heterocycles. The quantitative estimate of drug-likeness (QED) is 0.313. The van der Waals surface area contributed by atoms with E-state index in [0.29, 0.717) is 37.9 Å². The first-order valence-corrected chi connectivity index (χ1v) is 15.0. The number of hydrogen-bond donors (Lipinski definition) is 0. The number of anilines is 1. The summed E-state index contributed by atoms with van der Waals surface area (Å²) in [4.78, 5) is 37.7. The zero-order chi connectivity index (χ0) is 29.5. The first-order chi connectivity index (χ1) is 21.0. The van der Waals surface area contributed by atoms with Crippen molar-refractivity contribution in [3.05, 3.63) is 103 Å². The second-order valence-electron chi connectivity index (χ2n) is 10.5. The van der Waals surface area contributed by atoms with Crippen LogP contribution in [0.4, 0.5) is 5.88 Å². The first kappa shape index (κ1) is 27.2. The fourth-order valence-corrected chi connectivity index (χ4v) is 6.57. The highest BCUT2D eigenvalue weighted by Crippen LogP contribution is 2.40. The van der Waals surface area contributed by atoms with Gasteiger partial charge in [0.2, 0.25) is 6.79 Å². The van der Waals surface area contributed by atoms with Gasteiger partial charge in [0.15, 0.2) is 22.2 Å². The third kappa shape index (κ3) is 5.04. The van der Waals surface area contributed by atoms with Gasteiger partial charge in [0.25, 0.3) is 5.56 Å². The average Bonchev–Trinajstić information content (AvgIpc) is 3.76. The van der Waals surface area contributed by atoms with E-state index in [2.05, 4.69) is 16.8 Å². The highest BCUT2D eigenvalue weighted by Gasteiger charge is 2.36. The van der Waals surface area contributed by atoms with Crippen LogP contribution in [0.3, 0.4) is 0 Å². The zero-order valence-corrected chi connectivity index (χ0v) is 24.6. The van der Waals surface area contributed by atoms with Crippen LogP contribution in [0.25, 0.3) is 11.8 Å². The number of hydrogen-bond acceptors (Lipinski definition) is 10. The Balaban J connectivity index is 1.39. The number of fused-ring (bicyclic) bond motifs is 2. The molecule has 3 aliphatic rings. The Morgan fingerprint density at radius 1 is 1.05 bits per heavy atom. The topological polar surface area (TPSA) is 98.7 Å². The summed E-state index contributed by atoms with van der Waals surface area (Å²) in [5.41, 5.74) is 1.89. The van der Waals surface area contributed by atoms with Gasteiger partial charge in [-0.3, -0.25) is 9.36 Å². The Hall–Kier alpha value is -4.61. The lowest BCUT2D eigenvalue weighted by Crippen LogP contribution is -2.44. The van der Waals surface area contributed by atoms with Gasteiger partial charge in [-0.05, 0) is 37.7 Å². The largest absolute Gasteiger partial charge is 0.463 e. The van der Waals surface area contributed by atoms with Crippen molar-refractivity contribution in [3.63, 3.8) is 0 Å². The maximum atomic E-state index is 14.1. The molecule has 11 heteroatoms. The predicted octanol–water partition coefficient (Wildman–Crippen LogP) is 3.01. The molecule has 0 aliphatic carbocycles. The van der Waals surface area contributed by atoms with Crippen LogP contribution in [-0.2, 0) is 9.53 Å². The van der Waals surface area contributed by atoms with Gasteiger partial charge in [0.1, 0.15) is 5.76 Å². The van der Waals surface area contributed by atoms with Crippen molar-refractivity contribution in [2.24, 2.45) is 4.99 Å². The summed E-state index contributed by atoms with van der Waals surface area (Å²) in [6, 6.07) is 17.9. The number of benzene rings is 2. The summed E-state index contributed by atoms with van der Waals surface area (Å²) in [6.45, 7) is 5.71. The van der Waals surface area contributed by atoms with Gasteiger partial charge >= 0.3 is 5.97 Å². The van der Waals surface area contributed by atoms with Crippen molar-refractivity contribution in [3.8, 4) is 11.5 Å². The fraction of sp³-hybridized carbons (Fsp3) is 0.281. The maximum Gasteiger partial charge on any atom is 0.338 e. The van der Waals surface area contributed by atoms with Crippen LogP contribution in [0, 0.1) is 0 Å². The fourth-order valence-electron chi connectivity index (χ4n) is 5.58. The molecular weight excluding hydrogens is 568 g/mol. The molecule has 7 rings (SSSR count). The van der Waals surface area contributed by atoms with E-state index in [4.69, 9.17) is 23.6 Å². The summed E-state index contributed by atoms with van der Waals surface area (Å²) < 4.78 is 24.9. The number of carbonyl (C=O) groups is 1. The monoisotopic (exact) mass is 598 g/mol. The molecule has 3 aliphatic heterocycles. The molecule has 0 N–H and O–H groups in total. The molecule has 10 nitrogen and oxygen atoms in total. The van der Waals surface area contributed by atoms with Gasteiger partial charge in [-0.15, -0.1) is 0 Å². The molecule has 0 saturated carbocycles. The van der Waals surface area contributed by atoms with Crippen molar-refractivity contribution in [2.75, 3.05) is 51.5 Å². The van der Waals surface area contributed by atoms with Crippen molar-refractivity contribution >= 4 is 35.0 Å². The molecule has 1 unspecified atom stereocenters. The number of nitrogens with zero attached hydrogens (tertiary/aromatic N) is 4. The highest BCUT2D eigenvalue weighted by atomic mass is 32.1. The van der Waals surface area contributed by atoms with Gasteiger partial charge < -0.3 is 28.4 Å². The predicted molar refractivity (Wildman–Crippen MR) is 162 cm³/mol. The molecule has 0 radical (unpaired) electrons. The molecule has 4 aromatic rings. The molecular formula is C32H30N4O6S. The number of carbonyl (C=O) groups excluding carboxylic acids is 1. The second kappa shape index (κ2) is 11.2. The summed E-state index contributed by atoms with van der Waals surface area (Å²) in [5, 5.41) is 0. The van der Waals surface area contributed by atoms with Crippen LogP contribution in [0.15, 0.2) is 80.4 Å². The summed E-state index contributed by atoms with van der Waals surface area (Å²) in [7, 11) is 2.11. The summed E-state index contributed by atoms with van der Waals surface area (Å²) in [5.74, 6) is 1.97. The Kier molecular flexibility index (Phi) is 7.12. The molecule has 1 atom stereocenters. The minimum absolute atomic E-state index is 0.108. The molecule has 220 valence electrons. The molecule has 1 fully saturated rings. The van der Waals surface area contributed by atoms with Crippen molar-refractivity contribution in [1.82, 2.24) is 9.47 Å². The molecule has 0 spiro atoms. The van der Waals surface area contributed by atoms with E-state index in [-0.39, 0.29) is 24.5 Å². The third-order valence-corrected chi connectivity index (χ3v) is 8.77. The normalized spacial score (nSPS) is 18.5. The van der Waals surface area contributed by atoms with Gasteiger partial charge in [-0.1, -0.05) is 47.7 Å². The molecule has 43 heavy (non-hydrogen) atoms. The van der Waals surface area contributed by atoms with E-state index < -0.39 is 12.0 Å². The number of rotatable bonds is 6. The van der Waals surface area contributed by atoms with E-state index in [9.17, 15) is 9.59 Å². The number of piperazine rings is 1. The molecule has 2 aromatic heterocycles. The van der Waals surface area contributed by atoms with E-state index in [0.717, 1.165) is 37.6 Å². The lowest BCUT2D eigenvalue weighted by Gasteiger charge is -2.32. The van der Waals surface area contributed by atoms with Crippen LogP contribution >= 0.6 is 11.3 Å². The summed E-state index contributed by atoms with van der Waals surface area (Å²) >= 11 is 1.26. The lowest BCUT2D eigenvalue weighted by atomic mass is 9.93. The minimum atomic E-state index is -0.806. The molecule has 2 aromatic carbocycles. The Morgan fingerprint density at radius 3 is 2.63 bits per heavy atom. The molecule has 5 heterocycles. The first-order valence-electron chi connectivity index (χ1n) is 14.2. The average molecular weight is 599 g/mol. The van der Waals surface area contributed by atoms with Crippen LogP contribution in [0.5, 0.6) is 11.5 Å². The Morgan fingerprint density at radius 2 is 1.84 bits per heavy atom. The van der Waals surface area contributed by atoms with Crippen LogP contribution in [0.2, 0.25) is 0 Å². The smallest absolute Gasteiger partial charge is 0.338 e. The Bertz CT molecular complexity index is 1900. The van der Waals surface area contributed by atoms with Crippen molar-refractivity contribution in [1.29, 1.82) is 0 Å². The van der Waals surface area contributed by atoms with E-state index in [1.807, 2.05) is 54.6 Å². The van der Waals surface area contributed by atoms with E-state index in [1.165, 1.54) is 11.3 Å². The highest BCUT2D eigenvalue weighted by molar-refractivity contribution is 7.07. The van der Waals surface area contributed by atoms with Gasteiger partial charge in [0, 0.05) is 43.9 Å². The van der Waals surface area contributed by atoms with Crippen molar-refractivity contribution < 1.29 is 23.4 Å². The standard InChI is InChI=1S/C32H30N4O6S/c1-3-39-31(38)27-28(20-7-5-4-6-8-20)33-32-36(29(27)21-9-11-23-24(17-21)41-19-40-23)30(37)25(43-32)18-22-10-12-26(42-22)35-15-13-34(2)14-16-35/h4-12,17-18,29H,3,13-16,19H2,1-2H3/b25-18-. The minimum Gasteiger partial charge on any atom is -0.463 e. The van der Waals surface area contributed by atoms with Gasteiger partial charge in [-0.2, -0.15) is 0 Å². The zero-order valence-electron chi connectivity index (χ0n) is 23.8. The second-order valence-corrected chi connectivity index (χ2v) is 11.5. The van der Waals surface area contributed by atoms with Crippen molar-refractivity contribution in [2.45, 2.75) is 13.0 Å². The van der Waals surface area contributed by atoms with Crippen LogP contribution in [0.1, 0.15) is 29.9 Å². The number of thiazole rings is 1. The maximum absolute atomic E-state index is 14.1. The number of aromatic nitrogens is 1. The lowest BCUT2D eigenvalue weighted by molar-refractivity contribution is -0.138. The molecule has 0 amide bonds. The van der Waals surface area contributed by atoms with Crippen LogP contribution in [-0.4, -0.2) is 62.1 Å².